The highest BCUT2D eigenvalue weighted by Crippen LogP contribution is 2.25. The monoisotopic (exact) mass is 327 g/mol. The molecule has 1 aromatic carbocycles. The molecule has 7 heteroatoms. The zero-order valence-corrected chi connectivity index (χ0v) is 13.4. The van der Waals surface area contributed by atoms with E-state index in [4.69, 9.17) is 5.73 Å². The molecule has 0 fully saturated rings. The van der Waals surface area contributed by atoms with Gasteiger partial charge < -0.3 is 20.9 Å². The third kappa shape index (κ3) is 3.62. The molecule has 0 bridgehead atoms. The predicted octanol–water partition coefficient (Wildman–Crippen LogP) is 0.900. The molecule has 2 heterocycles. The van der Waals surface area contributed by atoms with E-state index in [1.807, 2.05) is 30.5 Å². The molecule has 2 aromatic rings. The first-order chi connectivity index (χ1) is 11.7. The first-order valence-corrected chi connectivity index (χ1v) is 8.09. The van der Waals surface area contributed by atoms with Crippen LogP contribution in [-0.4, -0.2) is 34.5 Å². The first kappa shape index (κ1) is 16.2. The topological polar surface area (TPSA) is 102 Å². The molecule has 4 N–H and O–H groups in total. The number of aryl methyl sites for hydroxylation is 1. The zero-order valence-electron chi connectivity index (χ0n) is 13.4. The summed E-state index contributed by atoms with van der Waals surface area (Å²) in [6, 6.07) is 7.56. The molecule has 1 aliphatic heterocycles. The SMILES string of the molecule is NCC(=O)NCC(=O)Nc1ccc(-c2ncc3n2CCCC3)cc1. The number of hydrogen-bond acceptors (Lipinski definition) is 4. The lowest BCUT2D eigenvalue weighted by atomic mass is 10.1. The van der Waals surface area contributed by atoms with Crippen molar-refractivity contribution in [3.63, 3.8) is 0 Å². The van der Waals surface area contributed by atoms with E-state index in [0.717, 1.165) is 24.4 Å². The highest BCUT2D eigenvalue weighted by Gasteiger charge is 2.15. The van der Waals surface area contributed by atoms with E-state index in [-0.39, 0.29) is 24.9 Å². The van der Waals surface area contributed by atoms with Crippen LogP contribution in [0.3, 0.4) is 0 Å². The Morgan fingerprint density at radius 3 is 2.71 bits per heavy atom. The number of carbonyl (C=O) groups excluding carboxylic acids is 2. The second-order valence-corrected chi connectivity index (χ2v) is 5.79. The lowest BCUT2D eigenvalue weighted by Gasteiger charge is -2.16. The van der Waals surface area contributed by atoms with E-state index in [1.165, 1.54) is 18.5 Å². The molecule has 0 aliphatic carbocycles. The Hall–Kier alpha value is -2.67. The number of benzene rings is 1. The number of amides is 2. The standard InChI is InChI=1S/C17H21N5O2/c18-9-15(23)19-11-16(24)21-13-6-4-12(5-7-13)17-20-10-14-3-1-2-8-22(14)17/h4-7,10H,1-3,8-9,11,18H2,(H,19,23)(H,21,24). The van der Waals surface area contributed by atoms with Gasteiger partial charge in [-0.3, -0.25) is 9.59 Å². The molecule has 0 saturated carbocycles. The van der Waals surface area contributed by atoms with Crippen molar-refractivity contribution >= 4 is 17.5 Å². The highest BCUT2D eigenvalue weighted by molar-refractivity contribution is 5.94. The van der Waals surface area contributed by atoms with Gasteiger partial charge in [0.15, 0.2) is 0 Å². The van der Waals surface area contributed by atoms with Crippen molar-refractivity contribution in [3.05, 3.63) is 36.2 Å². The van der Waals surface area contributed by atoms with Crippen LogP contribution in [0.25, 0.3) is 11.4 Å². The second kappa shape index (κ2) is 7.27. The van der Waals surface area contributed by atoms with E-state index in [1.54, 1.807) is 0 Å². The van der Waals surface area contributed by atoms with Crippen LogP contribution in [0.1, 0.15) is 18.5 Å². The Morgan fingerprint density at radius 1 is 1.17 bits per heavy atom. The summed E-state index contributed by atoms with van der Waals surface area (Å²) in [5.74, 6) is 0.324. The summed E-state index contributed by atoms with van der Waals surface area (Å²) in [7, 11) is 0. The summed E-state index contributed by atoms with van der Waals surface area (Å²) in [6.45, 7) is 0.784. The number of fused-ring (bicyclic) bond motifs is 1. The van der Waals surface area contributed by atoms with Crippen LogP contribution in [0.2, 0.25) is 0 Å². The minimum Gasteiger partial charge on any atom is -0.346 e. The fraction of sp³-hybridized carbons (Fsp3) is 0.353. The number of aromatic nitrogens is 2. The van der Waals surface area contributed by atoms with E-state index >= 15 is 0 Å². The first-order valence-electron chi connectivity index (χ1n) is 8.09. The molecule has 1 aromatic heterocycles. The van der Waals surface area contributed by atoms with Gasteiger partial charge in [-0.1, -0.05) is 0 Å². The Labute approximate surface area is 140 Å². The van der Waals surface area contributed by atoms with Crippen molar-refractivity contribution in [1.29, 1.82) is 0 Å². The average molecular weight is 327 g/mol. The molecule has 0 saturated heterocycles. The maximum atomic E-state index is 11.8. The molecule has 0 radical (unpaired) electrons. The van der Waals surface area contributed by atoms with Crippen molar-refractivity contribution in [2.75, 3.05) is 18.4 Å². The van der Waals surface area contributed by atoms with Gasteiger partial charge in [-0.2, -0.15) is 0 Å². The maximum Gasteiger partial charge on any atom is 0.243 e. The molecule has 0 atom stereocenters. The van der Waals surface area contributed by atoms with Gasteiger partial charge in [0.2, 0.25) is 11.8 Å². The van der Waals surface area contributed by atoms with E-state index in [0.29, 0.717) is 5.69 Å². The molecular formula is C17H21N5O2. The van der Waals surface area contributed by atoms with Crippen LogP contribution in [0.15, 0.2) is 30.5 Å². The van der Waals surface area contributed by atoms with Crippen molar-refractivity contribution in [2.24, 2.45) is 5.73 Å². The van der Waals surface area contributed by atoms with Gasteiger partial charge in [-0.25, -0.2) is 4.98 Å². The van der Waals surface area contributed by atoms with Gasteiger partial charge in [0.05, 0.1) is 13.1 Å². The van der Waals surface area contributed by atoms with Gasteiger partial charge in [-0.05, 0) is 43.5 Å². The maximum absolute atomic E-state index is 11.8. The molecule has 0 spiro atoms. The number of nitrogens with two attached hydrogens (primary N) is 1. The summed E-state index contributed by atoms with van der Waals surface area (Å²) in [6.07, 6.45) is 5.43. The smallest absolute Gasteiger partial charge is 0.243 e. The normalized spacial score (nSPS) is 13.2. The fourth-order valence-electron chi connectivity index (χ4n) is 2.83. The van der Waals surface area contributed by atoms with Gasteiger partial charge in [0, 0.05) is 29.7 Å². The molecule has 2 amide bonds. The summed E-state index contributed by atoms with van der Waals surface area (Å²) in [5.41, 5.74) is 8.15. The lowest BCUT2D eigenvalue weighted by molar-refractivity contribution is -0.123. The molecule has 126 valence electrons. The number of nitrogens with one attached hydrogen (secondary N) is 2. The Balaban J connectivity index is 1.64. The van der Waals surface area contributed by atoms with Crippen molar-refractivity contribution in [3.8, 4) is 11.4 Å². The second-order valence-electron chi connectivity index (χ2n) is 5.79. The number of anilines is 1. The van der Waals surface area contributed by atoms with Crippen molar-refractivity contribution in [1.82, 2.24) is 14.9 Å². The van der Waals surface area contributed by atoms with E-state index < -0.39 is 0 Å². The van der Waals surface area contributed by atoms with Crippen molar-refractivity contribution < 1.29 is 9.59 Å². The average Bonchev–Trinajstić information content (AvgIpc) is 3.04. The number of carbonyl (C=O) groups is 2. The van der Waals surface area contributed by atoms with Crippen molar-refractivity contribution in [2.45, 2.75) is 25.8 Å². The molecule has 7 nitrogen and oxygen atoms in total. The van der Waals surface area contributed by atoms with E-state index in [9.17, 15) is 9.59 Å². The Bertz CT molecular complexity index is 736. The molecule has 3 rings (SSSR count). The summed E-state index contributed by atoms with van der Waals surface area (Å²) < 4.78 is 2.26. The van der Waals surface area contributed by atoms with Crippen LogP contribution >= 0.6 is 0 Å². The number of nitrogens with zero attached hydrogens (tertiary/aromatic N) is 2. The van der Waals surface area contributed by atoms with Gasteiger partial charge in [-0.15, -0.1) is 0 Å². The molecule has 1 aliphatic rings. The summed E-state index contributed by atoms with van der Waals surface area (Å²) in [4.78, 5) is 27.3. The van der Waals surface area contributed by atoms with E-state index in [2.05, 4.69) is 20.2 Å². The summed E-state index contributed by atoms with van der Waals surface area (Å²) >= 11 is 0. The highest BCUT2D eigenvalue weighted by atomic mass is 16.2. The fourth-order valence-corrected chi connectivity index (χ4v) is 2.83. The van der Waals surface area contributed by atoms with Crippen LogP contribution in [0.4, 0.5) is 5.69 Å². The minimum absolute atomic E-state index is 0.0917. The lowest BCUT2D eigenvalue weighted by Crippen LogP contribution is -2.36. The largest absolute Gasteiger partial charge is 0.346 e. The van der Waals surface area contributed by atoms with Gasteiger partial charge >= 0.3 is 0 Å². The third-order valence-corrected chi connectivity index (χ3v) is 4.06. The van der Waals surface area contributed by atoms with Crippen LogP contribution in [0.5, 0.6) is 0 Å². The van der Waals surface area contributed by atoms with Crippen LogP contribution in [-0.2, 0) is 22.6 Å². The molecule has 24 heavy (non-hydrogen) atoms. The van der Waals surface area contributed by atoms with Crippen LogP contribution < -0.4 is 16.4 Å². The van der Waals surface area contributed by atoms with Gasteiger partial charge in [0.25, 0.3) is 0 Å². The Morgan fingerprint density at radius 2 is 1.96 bits per heavy atom. The van der Waals surface area contributed by atoms with Crippen LogP contribution in [0, 0.1) is 0 Å². The molecular weight excluding hydrogens is 306 g/mol. The molecule has 0 unspecified atom stereocenters. The number of rotatable bonds is 5. The number of hydrogen-bond donors (Lipinski definition) is 3. The quantitative estimate of drug-likeness (QED) is 0.759. The number of imidazole rings is 1. The predicted molar refractivity (Wildman–Crippen MR) is 91.3 cm³/mol. The zero-order chi connectivity index (χ0) is 16.9. The summed E-state index contributed by atoms with van der Waals surface area (Å²) in [5, 5.41) is 5.17. The third-order valence-electron chi connectivity index (χ3n) is 4.06. The van der Waals surface area contributed by atoms with Gasteiger partial charge in [0.1, 0.15) is 5.82 Å². The minimum atomic E-state index is -0.357. The Kier molecular flexibility index (Phi) is 4.90.